The van der Waals surface area contributed by atoms with E-state index in [-0.39, 0.29) is 0 Å². The van der Waals surface area contributed by atoms with Crippen molar-refractivity contribution in [1.29, 1.82) is 0 Å². The second-order valence-corrected chi connectivity index (χ2v) is 4.37. The smallest absolute Gasteiger partial charge is 0.0729 e. The summed E-state index contributed by atoms with van der Waals surface area (Å²) in [5.74, 6) is 6.02. The van der Waals surface area contributed by atoms with Crippen LogP contribution in [0.4, 0.5) is 5.69 Å². The summed E-state index contributed by atoms with van der Waals surface area (Å²) in [5, 5.41) is 1.55. The molecule has 0 saturated heterocycles. The Bertz CT molecular complexity index is 474. The van der Waals surface area contributed by atoms with Crippen LogP contribution in [-0.4, -0.2) is 0 Å². The molecule has 90 valence electrons. The number of hydrogen-bond donors (Lipinski definition) is 2. The molecule has 0 atom stereocenters. The number of hydrogen-bond acceptors (Lipinski definition) is 3. The van der Waals surface area contributed by atoms with Crippen molar-refractivity contribution in [2.75, 3.05) is 5.01 Å². The van der Waals surface area contributed by atoms with Crippen LogP contribution in [-0.2, 0) is 12.8 Å². The normalized spacial score (nSPS) is 14.6. The van der Waals surface area contributed by atoms with Gasteiger partial charge in [-0.2, -0.15) is 0 Å². The average Bonchev–Trinajstić information content (AvgIpc) is 2.83. The zero-order chi connectivity index (χ0) is 12.4. The first-order chi connectivity index (χ1) is 8.13. The van der Waals surface area contributed by atoms with Crippen molar-refractivity contribution in [3.63, 3.8) is 0 Å². The molecule has 3 nitrogen and oxygen atoms in total. The number of rotatable bonds is 3. The lowest BCUT2D eigenvalue weighted by Crippen LogP contribution is -2.32. The lowest BCUT2D eigenvalue weighted by molar-refractivity contribution is 0.911. The topological polar surface area (TPSA) is 55.3 Å². The Morgan fingerprint density at radius 2 is 2.06 bits per heavy atom. The Morgan fingerprint density at radius 3 is 2.76 bits per heavy atom. The van der Waals surface area contributed by atoms with E-state index in [0.717, 1.165) is 12.1 Å². The van der Waals surface area contributed by atoms with Crippen LogP contribution in [0.5, 0.6) is 0 Å². The molecular weight excluding hydrogens is 210 g/mol. The highest BCUT2D eigenvalue weighted by Crippen LogP contribution is 2.27. The Labute approximate surface area is 102 Å². The predicted octanol–water partition coefficient (Wildman–Crippen LogP) is 2.23. The zero-order valence-corrected chi connectivity index (χ0v) is 10.2. The minimum Gasteiger partial charge on any atom is -0.397 e. The van der Waals surface area contributed by atoms with Crippen molar-refractivity contribution in [3.05, 3.63) is 53.4 Å². The van der Waals surface area contributed by atoms with Crippen LogP contribution >= 0.6 is 0 Å². The molecule has 0 amide bonds. The van der Waals surface area contributed by atoms with E-state index in [9.17, 15) is 0 Å². The maximum atomic E-state index is 6.02. The van der Waals surface area contributed by atoms with E-state index in [1.54, 1.807) is 11.1 Å². The Kier molecular flexibility index (Phi) is 3.20. The maximum absolute atomic E-state index is 6.02. The van der Waals surface area contributed by atoms with Gasteiger partial charge in [0.05, 0.1) is 17.1 Å². The van der Waals surface area contributed by atoms with Crippen LogP contribution in [0.1, 0.15) is 24.5 Å². The van der Waals surface area contributed by atoms with Gasteiger partial charge in [-0.05, 0) is 49.4 Å². The Hall–Kier alpha value is -1.74. The minimum absolute atomic E-state index is 0.605. The quantitative estimate of drug-likeness (QED) is 0.475. The van der Waals surface area contributed by atoms with Crippen LogP contribution in [0.2, 0.25) is 0 Å². The molecule has 0 spiro atoms. The van der Waals surface area contributed by atoms with E-state index in [0.29, 0.717) is 11.4 Å². The summed E-state index contributed by atoms with van der Waals surface area (Å²) >= 11 is 0. The van der Waals surface area contributed by atoms with Gasteiger partial charge in [-0.15, -0.1) is 0 Å². The van der Waals surface area contributed by atoms with Gasteiger partial charge in [-0.3, -0.25) is 5.01 Å². The fraction of sp³-hybridized carbons (Fsp3) is 0.286. The molecule has 0 unspecified atom stereocenters. The molecule has 0 aromatic heterocycles. The first-order valence-corrected chi connectivity index (χ1v) is 5.91. The lowest BCUT2D eigenvalue weighted by atomic mass is 10.1. The highest BCUT2D eigenvalue weighted by atomic mass is 15.4. The zero-order valence-electron chi connectivity index (χ0n) is 10.2. The number of fused-ring (bicyclic) bond motifs is 1. The van der Waals surface area contributed by atoms with Crippen molar-refractivity contribution >= 4 is 5.69 Å². The van der Waals surface area contributed by atoms with Crippen LogP contribution in [0.15, 0.2) is 42.2 Å². The van der Waals surface area contributed by atoms with Crippen molar-refractivity contribution < 1.29 is 0 Å². The largest absolute Gasteiger partial charge is 0.397 e. The molecule has 0 fully saturated rings. The van der Waals surface area contributed by atoms with Crippen molar-refractivity contribution in [3.8, 4) is 0 Å². The second-order valence-electron chi connectivity index (χ2n) is 4.37. The van der Waals surface area contributed by atoms with Gasteiger partial charge in [0, 0.05) is 0 Å². The predicted molar refractivity (Wildman–Crippen MR) is 72.2 cm³/mol. The number of hydrazine groups is 1. The number of anilines is 1. The van der Waals surface area contributed by atoms with Crippen LogP contribution < -0.4 is 16.6 Å². The summed E-state index contributed by atoms with van der Waals surface area (Å²) in [7, 11) is 0. The average molecular weight is 229 g/mol. The highest BCUT2D eigenvalue weighted by molar-refractivity contribution is 5.57. The molecule has 0 bridgehead atoms. The van der Waals surface area contributed by atoms with Crippen molar-refractivity contribution in [2.45, 2.75) is 26.2 Å². The molecule has 17 heavy (non-hydrogen) atoms. The molecule has 0 heterocycles. The van der Waals surface area contributed by atoms with Crippen molar-refractivity contribution in [1.82, 2.24) is 0 Å². The second kappa shape index (κ2) is 4.63. The van der Waals surface area contributed by atoms with E-state index in [2.05, 4.69) is 18.7 Å². The maximum Gasteiger partial charge on any atom is 0.0729 e. The third-order valence-corrected chi connectivity index (χ3v) is 3.30. The summed E-state index contributed by atoms with van der Waals surface area (Å²) in [6, 6.07) is 6.31. The van der Waals surface area contributed by atoms with E-state index in [1.807, 2.05) is 13.0 Å². The van der Waals surface area contributed by atoms with Crippen LogP contribution in [0, 0.1) is 0 Å². The van der Waals surface area contributed by atoms with Crippen LogP contribution in [0.3, 0.4) is 0 Å². The molecule has 2 rings (SSSR count). The standard InChI is InChI=1S/C14H19N3/c1-3-14(15)10(2)17(16)13-8-7-11-5-4-6-12(11)9-13/h3,7-9H,2,4-6,15-16H2,1H3/b14-3+. The lowest BCUT2D eigenvalue weighted by Gasteiger charge is -2.22. The van der Waals surface area contributed by atoms with Gasteiger partial charge in [0.1, 0.15) is 0 Å². The van der Waals surface area contributed by atoms with Crippen LogP contribution in [0.25, 0.3) is 0 Å². The summed E-state index contributed by atoms with van der Waals surface area (Å²) in [6.45, 7) is 5.78. The van der Waals surface area contributed by atoms with E-state index >= 15 is 0 Å². The van der Waals surface area contributed by atoms with Gasteiger partial charge in [0.2, 0.25) is 0 Å². The van der Waals surface area contributed by atoms with Gasteiger partial charge in [0.15, 0.2) is 0 Å². The molecule has 1 aliphatic rings. The molecule has 3 heteroatoms. The molecule has 0 aliphatic heterocycles. The van der Waals surface area contributed by atoms with E-state index in [1.165, 1.54) is 24.0 Å². The Balaban J connectivity index is 2.26. The van der Waals surface area contributed by atoms with Gasteiger partial charge in [-0.25, -0.2) is 5.84 Å². The molecular formula is C14H19N3. The summed E-state index contributed by atoms with van der Waals surface area (Å²) in [4.78, 5) is 0. The number of aryl methyl sites for hydroxylation is 2. The first-order valence-electron chi connectivity index (χ1n) is 5.91. The van der Waals surface area contributed by atoms with E-state index in [4.69, 9.17) is 11.6 Å². The third kappa shape index (κ3) is 2.19. The summed E-state index contributed by atoms with van der Waals surface area (Å²) < 4.78 is 0. The van der Waals surface area contributed by atoms with Gasteiger partial charge in [-0.1, -0.05) is 18.7 Å². The summed E-state index contributed by atoms with van der Waals surface area (Å²) in [6.07, 6.45) is 5.36. The highest BCUT2D eigenvalue weighted by Gasteiger charge is 2.14. The molecule has 1 aromatic rings. The fourth-order valence-corrected chi connectivity index (χ4v) is 2.17. The third-order valence-electron chi connectivity index (χ3n) is 3.30. The van der Waals surface area contributed by atoms with E-state index < -0.39 is 0 Å². The number of nitrogens with zero attached hydrogens (tertiary/aromatic N) is 1. The molecule has 1 aromatic carbocycles. The minimum atomic E-state index is 0.605. The molecule has 0 saturated carbocycles. The Morgan fingerprint density at radius 1 is 1.35 bits per heavy atom. The van der Waals surface area contributed by atoms with Gasteiger partial charge < -0.3 is 5.73 Å². The molecule has 0 radical (unpaired) electrons. The molecule has 4 N–H and O–H groups in total. The first kappa shape index (κ1) is 11.7. The number of allylic oxidation sites excluding steroid dienone is 1. The number of benzene rings is 1. The SMILES string of the molecule is C=C(/C(N)=C\C)N(N)c1ccc2c(c1)CCC2. The summed E-state index contributed by atoms with van der Waals surface area (Å²) in [5.41, 5.74) is 10.8. The monoisotopic (exact) mass is 229 g/mol. The van der Waals surface area contributed by atoms with Gasteiger partial charge in [0.25, 0.3) is 0 Å². The van der Waals surface area contributed by atoms with Gasteiger partial charge >= 0.3 is 0 Å². The van der Waals surface area contributed by atoms with Crippen molar-refractivity contribution in [2.24, 2.45) is 11.6 Å². The number of nitrogens with two attached hydrogens (primary N) is 2. The molecule has 1 aliphatic carbocycles. The fourth-order valence-electron chi connectivity index (χ4n) is 2.17.